The van der Waals surface area contributed by atoms with Gasteiger partial charge in [-0.05, 0) is 30.2 Å². The molecule has 0 radical (unpaired) electrons. The van der Waals surface area contributed by atoms with Crippen LogP contribution in [0.1, 0.15) is 18.1 Å². The normalized spacial score (nSPS) is 11.2. The standard InChI is InChI=1S/C17H19FN4O2/c1-2-19-17(20-11-13-5-3-7-15(18)9-13)21-12-14-6-4-8-16(10-14)22(23)24/h3-10H,2,11-12H2,1H3,(H2,19,20,21). The van der Waals surface area contributed by atoms with Gasteiger partial charge >= 0.3 is 0 Å². The molecular formula is C17H19FN4O2. The molecule has 2 rings (SSSR count). The number of aliphatic imine (C=N–C) groups is 1. The quantitative estimate of drug-likeness (QED) is 0.369. The zero-order chi connectivity index (χ0) is 17.4. The molecule has 0 saturated heterocycles. The van der Waals surface area contributed by atoms with Gasteiger partial charge in [0.15, 0.2) is 5.96 Å². The largest absolute Gasteiger partial charge is 0.357 e. The van der Waals surface area contributed by atoms with E-state index in [0.29, 0.717) is 25.6 Å². The lowest BCUT2D eigenvalue weighted by atomic mass is 10.2. The minimum atomic E-state index is -0.430. The molecule has 0 saturated carbocycles. The van der Waals surface area contributed by atoms with Gasteiger partial charge in [0.1, 0.15) is 5.82 Å². The van der Waals surface area contributed by atoms with Gasteiger partial charge in [0.05, 0.1) is 11.5 Å². The summed E-state index contributed by atoms with van der Waals surface area (Å²) in [5, 5.41) is 17.0. The second-order valence-electron chi connectivity index (χ2n) is 5.11. The maximum absolute atomic E-state index is 13.2. The number of non-ortho nitro benzene ring substituents is 1. The summed E-state index contributed by atoms with van der Waals surface area (Å²) >= 11 is 0. The third kappa shape index (κ3) is 5.35. The Bertz CT molecular complexity index is 734. The molecule has 0 bridgehead atoms. The molecule has 0 amide bonds. The lowest BCUT2D eigenvalue weighted by Gasteiger charge is -2.11. The molecule has 2 aromatic rings. The predicted octanol–water partition coefficient (Wildman–Crippen LogP) is 2.99. The molecule has 0 heterocycles. The fraction of sp³-hybridized carbons (Fsp3) is 0.235. The summed E-state index contributed by atoms with van der Waals surface area (Å²) in [5.41, 5.74) is 1.59. The van der Waals surface area contributed by atoms with Crippen LogP contribution in [0.3, 0.4) is 0 Å². The molecule has 0 aromatic heterocycles. The van der Waals surface area contributed by atoms with E-state index >= 15 is 0 Å². The van der Waals surface area contributed by atoms with Gasteiger partial charge in [-0.1, -0.05) is 24.3 Å². The molecule has 2 aromatic carbocycles. The highest BCUT2D eigenvalue weighted by Crippen LogP contribution is 2.13. The van der Waals surface area contributed by atoms with Crippen LogP contribution in [0.2, 0.25) is 0 Å². The van der Waals surface area contributed by atoms with Crippen LogP contribution in [-0.2, 0) is 13.1 Å². The van der Waals surface area contributed by atoms with Crippen molar-refractivity contribution in [2.24, 2.45) is 4.99 Å². The monoisotopic (exact) mass is 330 g/mol. The topological polar surface area (TPSA) is 79.6 Å². The summed E-state index contributed by atoms with van der Waals surface area (Å²) < 4.78 is 13.2. The fourth-order valence-corrected chi connectivity index (χ4v) is 2.11. The van der Waals surface area contributed by atoms with Crippen molar-refractivity contribution in [1.29, 1.82) is 0 Å². The first-order valence-electron chi connectivity index (χ1n) is 7.58. The predicted molar refractivity (Wildman–Crippen MR) is 91.2 cm³/mol. The van der Waals surface area contributed by atoms with E-state index in [1.807, 2.05) is 13.0 Å². The molecule has 6 nitrogen and oxygen atoms in total. The third-order valence-electron chi connectivity index (χ3n) is 3.23. The van der Waals surface area contributed by atoms with E-state index < -0.39 is 4.92 Å². The van der Waals surface area contributed by atoms with Gasteiger partial charge in [0.2, 0.25) is 0 Å². The fourth-order valence-electron chi connectivity index (χ4n) is 2.11. The van der Waals surface area contributed by atoms with E-state index in [1.165, 1.54) is 24.3 Å². The minimum Gasteiger partial charge on any atom is -0.357 e. The Morgan fingerprint density at radius 2 is 1.92 bits per heavy atom. The van der Waals surface area contributed by atoms with Crippen LogP contribution in [0, 0.1) is 15.9 Å². The molecule has 2 N–H and O–H groups in total. The molecule has 0 aliphatic heterocycles. The molecule has 0 aliphatic rings. The SMILES string of the molecule is CCNC(=NCc1cccc([N+](=O)[O-])c1)NCc1cccc(F)c1. The lowest BCUT2D eigenvalue weighted by molar-refractivity contribution is -0.384. The lowest BCUT2D eigenvalue weighted by Crippen LogP contribution is -2.36. The Hall–Kier alpha value is -2.96. The minimum absolute atomic E-state index is 0.0421. The van der Waals surface area contributed by atoms with Gasteiger partial charge in [-0.3, -0.25) is 10.1 Å². The van der Waals surface area contributed by atoms with Crippen LogP contribution in [-0.4, -0.2) is 17.4 Å². The van der Waals surface area contributed by atoms with Crippen LogP contribution >= 0.6 is 0 Å². The second-order valence-corrected chi connectivity index (χ2v) is 5.11. The number of nitro benzene ring substituents is 1. The maximum Gasteiger partial charge on any atom is 0.269 e. The molecular weight excluding hydrogens is 311 g/mol. The van der Waals surface area contributed by atoms with Crippen molar-refractivity contribution in [2.45, 2.75) is 20.0 Å². The molecule has 0 atom stereocenters. The number of rotatable bonds is 6. The average Bonchev–Trinajstić information content (AvgIpc) is 2.57. The van der Waals surface area contributed by atoms with Gasteiger partial charge in [-0.25, -0.2) is 9.38 Å². The van der Waals surface area contributed by atoms with E-state index in [0.717, 1.165) is 11.1 Å². The highest BCUT2D eigenvalue weighted by Gasteiger charge is 2.05. The van der Waals surface area contributed by atoms with Crippen molar-refractivity contribution in [3.8, 4) is 0 Å². The van der Waals surface area contributed by atoms with Crippen molar-refractivity contribution in [1.82, 2.24) is 10.6 Å². The number of hydrogen-bond acceptors (Lipinski definition) is 3. The number of halogens is 1. The number of benzene rings is 2. The van der Waals surface area contributed by atoms with Crippen molar-refractivity contribution in [2.75, 3.05) is 6.54 Å². The van der Waals surface area contributed by atoms with Gasteiger partial charge in [0.25, 0.3) is 5.69 Å². The van der Waals surface area contributed by atoms with Crippen LogP contribution in [0.25, 0.3) is 0 Å². The van der Waals surface area contributed by atoms with Gasteiger partial charge in [0, 0.05) is 25.2 Å². The highest BCUT2D eigenvalue weighted by molar-refractivity contribution is 5.79. The average molecular weight is 330 g/mol. The van der Waals surface area contributed by atoms with E-state index in [4.69, 9.17) is 0 Å². The Labute approximate surface area is 139 Å². The van der Waals surface area contributed by atoms with Crippen molar-refractivity contribution in [3.05, 3.63) is 75.6 Å². The van der Waals surface area contributed by atoms with Crippen molar-refractivity contribution in [3.63, 3.8) is 0 Å². The number of hydrogen-bond donors (Lipinski definition) is 2. The highest BCUT2D eigenvalue weighted by atomic mass is 19.1. The zero-order valence-corrected chi connectivity index (χ0v) is 13.3. The Morgan fingerprint density at radius 1 is 1.17 bits per heavy atom. The smallest absolute Gasteiger partial charge is 0.269 e. The molecule has 126 valence electrons. The Morgan fingerprint density at radius 3 is 2.62 bits per heavy atom. The Kier molecular flexibility index (Phi) is 6.24. The third-order valence-corrected chi connectivity index (χ3v) is 3.23. The van der Waals surface area contributed by atoms with Gasteiger partial charge in [-0.2, -0.15) is 0 Å². The van der Waals surface area contributed by atoms with Crippen molar-refractivity contribution >= 4 is 11.6 Å². The molecule has 24 heavy (non-hydrogen) atoms. The van der Waals surface area contributed by atoms with E-state index in [-0.39, 0.29) is 11.5 Å². The summed E-state index contributed by atoms with van der Waals surface area (Å²) in [4.78, 5) is 14.8. The maximum atomic E-state index is 13.2. The first-order valence-corrected chi connectivity index (χ1v) is 7.58. The summed E-state index contributed by atoms with van der Waals surface area (Å²) in [5.74, 6) is 0.279. The number of guanidine groups is 1. The van der Waals surface area contributed by atoms with E-state index in [2.05, 4.69) is 15.6 Å². The summed E-state index contributed by atoms with van der Waals surface area (Å²) in [6.45, 7) is 3.34. The molecule has 0 aliphatic carbocycles. The molecule has 7 heteroatoms. The molecule has 0 spiro atoms. The van der Waals surface area contributed by atoms with Gasteiger partial charge in [-0.15, -0.1) is 0 Å². The number of nitrogens with zero attached hydrogens (tertiary/aromatic N) is 2. The zero-order valence-electron chi connectivity index (χ0n) is 13.3. The van der Waals surface area contributed by atoms with Gasteiger partial charge < -0.3 is 10.6 Å². The summed E-state index contributed by atoms with van der Waals surface area (Å²) in [6, 6.07) is 12.7. The van der Waals surface area contributed by atoms with Crippen LogP contribution in [0.5, 0.6) is 0 Å². The van der Waals surface area contributed by atoms with Crippen molar-refractivity contribution < 1.29 is 9.31 Å². The summed E-state index contributed by atoms with van der Waals surface area (Å²) in [7, 11) is 0. The molecule has 0 fully saturated rings. The van der Waals surface area contributed by atoms with Crippen LogP contribution in [0.4, 0.5) is 10.1 Å². The van der Waals surface area contributed by atoms with E-state index in [9.17, 15) is 14.5 Å². The van der Waals surface area contributed by atoms with Crippen LogP contribution < -0.4 is 10.6 Å². The first kappa shape index (κ1) is 17.4. The number of nitrogens with one attached hydrogen (secondary N) is 2. The van der Waals surface area contributed by atoms with E-state index in [1.54, 1.807) is 18.2 Å². The first-order chi connectivity index (χ1) is 11.6. The summed E-state index contributed by atoms with van der Waals surface area (Å²) in [6.07, 6.45) is 0. The Balaban J connectivity index is 2.02. The second kappa shape index (κ2) is 8.61. The molecule has 0 unspecified atom stereocenters. The van der Waals surface area contributed by atoms with Crippen LogP contribution in [0.15, 0.2) is 53.5 Å². The number of nitro groups is 1.